The van der Waals surface area contributed by atoms with Gasteiger partial charge in [0.2, 0.25) is 0 Å². The molecule has 2 heterocycles. The topological polar surface area (TPSA) is 151 Å². The monoisotopic (exact) mass is 566 g/mol. The summed E-state index contributed by atoms with van der Waals surface area (Å²) in [5.74, 6) is -1.20. The number of thiocarbonyl (C=S) groups is 2. The van der Waals surface area contributed by atoms with Gasteiger partial charge in [-0.15, -0.1) is 0 Å². The zero-order valence-electron chi connectivity index (χ0n) is 18.5. The van der Waals surface area contributed by atoms with Crippen LogP contribution in [0.25, 0.3) is 0 Å². The number of anilines is 2. The van der Waals surface area contributed by atoms with Crippen molar-refractivity contribution in [2.24, 2.45) is 0 Å². The average Bonchev–Trinajstić information content (AvgIpc) is 2.85. The average molecular weight is 567 g/mol. The predicted octanol–water partition coefficient (Wildman–Crippen LogP) is 3.26. The molecule has 0 aliphatic heterocycles. The molecule has 0 aliphatic carbocycles. The van der Waals surface area contributed by atoms with Gasteiger partial charge in [0.25, 0.3) is 9.68 Å². The van der Waals surface area contributed by atoms with Gasteiger partial charge in [0, 0.05) is 0 Å². The van der Waals surface area contributed by atoms with E-state index in [1.54, 1.807) is 42.5 Å². The minimum atomic E-state index is -0.839. The molecular formula is C22H17ClF2N6O4S2. The van der Waals surface area contributed by atoms with Crippen molar-refractivity contribution in [3.05, 3.63) is 106 Å². The number of halogens is 3. The minimum absolute atomic E-state index is 0.0196. The van der Waals surface area contributed by atoms with Crippen molar-refractivity contribution in [3.63, 3.8) is 0 Å². The second kappa shape index (κ2) is 14.3. The van der Waals surface area contributed by atoms with Crippen LogP contribution in [0, 0.1) is 11.6 Å². The Morgan fingerprint density at radius 2 is 1.46 bits per heavy atom. The molecule has 4 rings (SSSR count). The minimum Gasteiger partial charge on any atom is -0.436 e. The third-order valence-corrected chi connectivity index (χ3v) is 4.23. The number of nitrogens with two attached hydrogens (primary N) is 2. The van der Waals surface area contributed by atoms with Crippen molar-refractivity contribution in [2.75, 3.05) is 11.5 Å². The molecule has 0 amide bonds. The molecule has 10 nitrogen and oxygen atoms in total. The fourth-order valence-electron chi connectivity index (χ4n) is 2.19. The maximum atomic E-state index is 13.2. The third-order valence-electron chi connectivity index (χ3n) is 3.79. The molecule has 0 atom stereocenters. The Morgan fingerprint density at radius 1 is 0.919 bits per heavy atom. The van der Waals surface area contributed by atoms with Gasteiger partial charge in [0.15, 0.2) is 17.5 Å². The number of ether oxygens (including phenoxy) is 2. The summed E-state index contributed by atoms with van der Waals surface area (Å²) >= 11 is 14.7. The molecule has 4 aromatic rings. The molecule has 0 saturated carbocycles. The molecule has 2 aromatic heterocycles. The molecule has 0 spiro atoms. The molecule has 15 heteroatoms. The van der Waals surface area contributed by atoms with Gasteiger partial charge in [-0.05, 0) is 60.3 Å². The number of rotatable bonds is 2. The largest absolute Gasteiger partial charge is 0.436 e. The van der Waals surface area contributed by atoms with Gasteiger partial charge >= 0.3 is 11.4 Å². The Morgan fingerprint density at radius 3 is 1.95 bits per heavy atom. The SMILES string of the molecule is Nc1[nH]c(=O)ncc1F.Nc1nc(=O)n(C(=S)Oc2ccccc2)cc1F.S=C(Cl)Oc1ccccc1. The molecule has 2 aromatic carbocycles. The first-order chi connectivity index (χ1) is 17.6. The number of aromatic nitrogens is 4. The normalized spacial score (nSPS) is 9.59. The molecule has 0 unspecified atom stereocenters. The lowest BCUT2D eigenvalue weighted by Crippen LogP contribution is -2.32. The maximum Gasteiger partial charge on any atom is 0.357 e. The second-order valence-electron chi connectivity index (χ2n) is 6.41. The summed E-state index contributed by atoms with van der Waals surface area (Å²) < 4.78 is 36.3. The number of H-pyrrole nitrogens is 1. The number of hydrogen-bond donors (Lipinski definition) is 3. The fraction of sp³-hybridized carbons (Fsp3) is 0. The van der Waals surface area contributed by atoms with Gasteiger partial charge in [0.05, 0.1) is 12.4 Å². The molecule has 0 aliphatic rings. The molecular weight excluding hydrogens is 550 g/mol. The summed E-state index contributed by atoms with van der Waals surface area (Å²) in [6, 6.07) is 17.7. The summed E-state index contributed by atoms with van der Waals surface area (Å²) in [5, 5.41) is -0.224. The molecule has 37 heavy (non-hydrogen) atoms. The number of aromatic amines is 1. The van der Waals surface area contributed by atoms with E-state index < -0.39 is 28.8 Å². The number of nitrogen functional groups attached to an aromatic ring is 2. The Hall–Kier alpha value is -4.27. The van der Waals surface area contributed by atoms with Crippen LogP contribution in [0.3, 0.4) is 0 Å². The summed E-state index contributed by atoms with van der Waals surface area (Å²) in [6.45, 7) is 0. The van der Waals surface area contributed by atoms with Crippen LogP contribution >= 0.6 is 36.0 Å². The summed E-state index contributed by atoms with van der Waals surface area (Å²) in [4.78, 5) is 30.0. The van der Waals surface area contributed by atoms with E-state index in [0.717, 1.165) is 17.0 Å². The van der Waals surface area contributed by atoms with Gasteiger partial charge in [0.1, 0.15) is 17.3 Å². The molecule has 0 saturated heterocycles. The van der Waals surface area contributed by atoms with E-state index in [9.17, 15) is 18.4 Å². The van der Waals surface area contributed by atoms with E-state index in [-0.39, 0.29) is 15.5 Å². The third kappa shape index (κ3) is 10.1. The van der Waals surface area contributed by atoms with Crippen LogP contribution in [0.15, 0.2) is 82.6 Å². The quantitative estimate of drug-likeness (QED) is 0.243. The molecule has 0 fully saturated rings. The molecule has 0 bridgehead atoms. The standard InChI is InChI=1S/C11H8FN3O2S.C7H5ClOS.C4H4FN3O/c12-8-6-15(10(16)14-9(8)13)11(18)17-7-4-2-1-3-5-7;8-7(10)9-6-4-2-1-3-5-6;5-2-1-7-4(9)8-3(2)6/h1-6H,(H2,13,14,16);1-5H;1H,(H3,6,7,8,9). The zero-order chi connectivity index (χ0) is 27.4. The van der Waals surface area contributed by atoms with Crippen molar-refractivity contribution in [2.45, 2.75) is 0 Å². The highest BCUT2D eigenvalue weighted by molar-refractivity contribution is 7.82. The van der Waals surface area contributed by atoms with Crippen LogP contribution in [-0.4, -0.2) is 29.2 Å². The lowest BCUT2D eigenvalue weighted by Gasteiger charge is -2.08. The van der Waals surface area contributed by atoms with Crippen LogP contribution in [0.4, 0.5) is 20.4 Å². The van der Waals surface area contributed by atoms with Crippen LogP contribution in [0.1, 0.15) is 0 Å². The number of para-hydroxylation sites is 2. The van der Waals surface area contributed by atoms with Crippen LogP contribution in [0.5, 0.6) is 11.5 Å². The number of nitrogens with one attached hydrogen (secondary N) is 1. The van der Waals surface area contributed by atoms with Gasteiger partial charge < -0.3 is 20.9 Å². The highest BCUT2D eigenvalue weighted by atomic mass is 35.5. The van der Waals surface area contributed by atoms with Crippen LogP contribution in [0.2, 0.25) is 0 Å². The first-order valence-electron chi connectivity index (χ1n) is 9.81. The predicted molar refractivity (Wildman–Crippen MR) is 143 cm³/mol. The van der Waals surface area contributed by atoms with Crippen molar-refractivity contribution in [1.82, 2.24) is 19.5 Å². The first-order valence-corrected chi connectivity index (χ1v) is 11.0. The smallest absolute Gasteiger partial charge is 0.357 e. The lowest BCUT2D eigenvalue weighted by atomic mass is 10.3. The summed E-state index contributed by atoms with van der Waals surface area (Å²) in [6.07, 6.45) is 1.62. The zero-order valence-corrected chi connectivity index (χ0v) is 20.9. The van der Waals surface area contributed by atoms with E-state index in [2.05, 4.69) is 22.2 Å². The van der Waals surface area contributed by atoms with Gasteiger partial charge in [-0.2, -0.15) is 9.97 Å². The van der Waals surface area contributed by atoms with Crippen molar-refractivity contribution in [3.8, 4) is 11.5 Å². The van der Waals surface area contributed by atoms with Gasteiger partial charge in [-0.3, -0.25) is 4.98 Å². The van der Waals surface area contributed by atoms with Gasteiger partial charge in [-0.1, -0.05) is 36.4 Å². The fourth-order valence-corrected chi connectivity index (χ4v) is 2.60. The lowest BCUT2D eigenvalue weighted by molar-refractivity contribution is 0.527. The second-order valence-corrected chi connectivity index (χ2v) is 7.70. The number of benzene rings is 2. The molecule has 5 N–H and O–H groups in total. The molecule has 192 valence electrons. The summed E-state index contributed by atoms with van der Waals surface area (Å²) in [7, 11) is 0. The van der Waals surface area contributed by atoms with Crippen molar-refractivity contribution < 1.29 is 18.3 Å². The van der Waals surface area contributed by atoms with Crippen LogP contribution < -0.4 is 32.3 Å². The van der Waals surface area contributed by atoms with E-state index in [1.165, 1.54) is 0 Å². The number of nitrogens with zero attached hydrogens (tertiary/aromatic N) is 3. The van der Waals surface area contributed by atoms with E-state index in [0.29, 0.717) is 11.5 Å². The number of hydrogen-bond acceptors (Lipinski definition) is 10. The van der Waals surface area contributed by atoms with E-state index >= 15 is 0 Å². The highest BCUT2D eigenvalue weighted by Gasteiger charge is 2.10. The van der Waals surface area contributed by atoms with E-state index in [4.69, 9.17) is 44.8 Å². The first kappa shape index (κ1) is 29.0. The maximum absolute atomic E-state index is 13.2. The Balaban J connectivity index is 0.000000214. The highest BCUT2D eigenvalue weighted by Crippen LogP contribution is 2.10. The molecule has 0 radical (unpaired) electrons. The Kier molecular flexibility index (Phi) is 11.2. The van der Waals surface area contributed by atoms with Gasteiger partial charge in [-0.25, -0.2) is 22.9 Å². The summed E-state index contributed by atoms with van der Waals surface area (Å²) in [5.41, 5.74) is 8.67. The Labute approximate surface area is 223 Å². The van der Waals surface area contributed by atoms with E-state index in [1.807, 2.05) is 23.2 Å². The van der Waals surface area contributed by atoms with Crippen molar-refractivity contribution >= 4 is 57.4 Å². The van der Waals surface area contributed by atoms with Crippen molar-refractivity contribution in [1.29, 1.82) is 0 Å². The van der Waals surface area contributed by atoms with Crippen LogP contribution in [-0.2, 0) is 0 Å². The Bertz CT molecular complexity index is 1470.